The quantitative estimate of drug-likeness (QED) is 0.848. The number of carbonyl (C=O) groups is 2. The molecule has 0 fully saturated rings. The van der Waals surface area contributed by atoms with Crippen LogP contribution >= 0.6 is 0 Å². The van der Waals surface area contributed by atoms with E-state index in [2.05, 4.69) is 20.6 Å². The van der Waals surface area contributed by atoms with Gasteiger partial charge in [0.1, 0.15) is 5.69 Å². The lowest BCUT2D eigenvalue weighted by atomic mass is 9.91. The number of carbonyl (C=O) groups excluding carboxylic acids is 2. The molecule has 0 spiro atoms. The Kier molecular flexibility index (Phi) is 3.65. The van der Waals surface area contributed by atoms with E-state index in [1.54, 1.807) is 6.92 Å². The van der Waals surface area contributed by atoms with Gasteiger partial charge in [0, 0.05) is 23.7 Å². The van der Waals surface area contributed by atoms with Crippen molar-refractivity contribution < 1.29 is 9.59 Å². The van der Waals surface area contributed by atoms with Gasteiger partial charge >= 0.3 is 6.03 Å². The van der Waals surface area contributed by atoms with Gasteiger partial charge in [0.15, 0.2) is 0 Å². The highest BCUT2D eigenvalue weighted by atomic mass is 16.2. The van der Waals surface area contributed by atoms with Crippen molar-refractivity contribution in [3.8, 4) is 0 Å². The summed E-state index contributed by atoms with van der Waals surface area (Å²) >= 11 is 0. The maximum absolute atomic E-state index is 12.7. The first-order chi connectivity index (χ1) is 10.7. The van der Waals surface area contributed by atoms with E-state index in [0.717, 1.165) is 5.56 Å². The molecule has 0 saturated heterocycles. The molecule has 0 saturated carbocycles. The minimum atomic E-state index is -0.510. The van der Waals surface area contributed by atoms with Crippen molar-refractivity contribution in [2.45, 2.75) is 13.0 Å². The standard InChI is InChI=1S/C16H14N4O2/c1-10-13(15(21)12-9-17-7-8-18-12)14(20-16(22)19-10)11-5-3-2-4-6-11/h2-9,14H,1H3,(H2,19,20,22). The van der Waals surface area contributed by atoms with Gasteiger partial charge in [0.25, 0.3) is 0 Å². The van der Waals surface area contributed by atoms with Gasteiger partial charge in [-0.2, -0.15) is 0 Å². The molecule has 0 bridgehead atoms. The maximum Gasteiger partial charge on any atom is 0.319 e. The first kappa shape index (κ1) is 13.9. The highest BCUT2D eigenvalue weighted by Crippen LogP contribution is 2.28. The number of amides is 2. The summed E-state index contributed by atoms with van der Waals surface area (Å²) in [5.74, 6) is -0.257. The first-order valence-corrected chi connectivity index (χ1v) is 6.81. The minimum Gasteiger partial charge on any atom is -0.327 e. The summed E-state index contributed by atoms with van der Waals surface area (Å²) in [6, 6.07) is 8.51. The monoisotopic (exact) mass is 294 g/mol. The molecule has 1 aliphatic rings. The van der Waals surface area contributed by atoms with Crippen molar-refractivity contribution in [3.63, 3.8) is 0 Å². The number of Topliss-reactive ketones (excluding diaryl/α,β-unsaturated/α-hetero) is 1. The first-order valence-electron chi connectivity index (χ1n) is 6.81. The highest BCUT2D eigenvalue weighted by Gasteiger charge is 2.32. The molecule has 3 rings (SSSR count). The lowest BCUT2D eigenvalue weighted by molar-refractivity contribution is 0.101. The number of hydrogen-bond donors (Lipinski definition) is 2. The highest BCUT2D eigenvalue weighted by molar-refractivity contribution is 6.09. The Morgan fingerprint density at radius 3 is 2.64 bits per heavy atom. The molecule has 22 heavy (non-hydrogen) atoms. The van der Waals surface area contributed by atoms with Crippen LogP contribution in [0.15, 0.2) is 60.2 Å². The number of rotatable bonds is 3. The number of hydrogen-bond acceptors (Lipinski definition) is 4. The molecule has 1 unspecified atom stereocenters. The van der Waals surface area contributed by atoms with Gasteiger partial charge in [-0.1, -0.05) is 30.3 Å². The van der Waals surface area contributed by atoms with Crippen molar-refractivity contribution in [1.82, 2.24) is 20.6 Å². The topological polar surface area (TPSA) is 84.0 Å². The molecule has 0 radical (unpaired) electrons. The Balaban J connectivity index is 2.06. The number of benzene rings is 1. The smallest absolute Gasteiger partial charge is 0.319 e. The minimum absolute atomic E-state index is 0.246. The van der Waals surface area contributed by atoms with Gasteiger partial charge in [0.05, 0.1) is 12.2 Å². The Bertz CT molecular complexity index is 741. The van der Waals surface area contributed by atoms with Crippen LogP contribution in [-0.2, 0) is 0 Å². The van der Waals surface area contributed by atoms with Gasteiger partial charge in [0.2, 0.25) is 5.78 Å². The molecular formula is C16H14N4O2. The molecule has 0 aliphatic carbocycles. The molecule has 2 heterocycles. The van der Waals surface area contributed by atoms with Crippen molar-refractivity contribution in [3.05, 3.63) is 71.4 Å². The van der Waals surface area contributed by atoms with E-state index >= 15 is 0 Å². The summed E-state index contributed by atoms with van der Waals surface area (Å²) in [7, 11) is 0. The number of nitrogens with one attached hydrogen (secondary N) is 2. The summed E-state index contributed by atoms with van der Waals surface area (Å²) in [6.45, 7) is 1.71. The van der Waals surface area contributed by atoms with Crippen LogP contribution in [0.2, 0.25) is 0 Å². The van der Waals surface area contributed by atoms with Gasteiger partial charge in [-0.05, 0) is 12.5 Å². The molecule has 1 aromatic heterocycles. The summed E-state index contributed by atoms with van der Waals surface area (Å²) in [4.78, 5) is 32.5. The van der Waals surface area contributed by atoms with E-state index in [1.807, 2.05) is 30.3 Å². The number of ketones is 1. The summed E-state index contributed by atoms with van der Waals surface area (Å²) in [5, 5.41) is 5.43. The predicted octanol–water partition coefficient (Wildman–Crippen LogP) is 1.99. The number of nitrogens with zero attached hydrogens (tertiary/aromatic N) is 2. The largest absolute Gasteiger partial charge is 0.327 e. The lowest BCUT2D eigenvalue weighted by Gasteiger charge is -2.28. The SMILES string of the molecule is CC1=C(C(=O)c2cnccn2)C(c2ccccc2)NC(=O)N1. The van der Waals surface area contributed by atoms with Crippen LogP contribution in [0.5, 0.6) is 0 Å². The van der Waals surface area contributed by atoms with E-state index in [9.17, 15) is 9.59 Å². The van der Waals surface area contributed by atoms with Crippen LogP contribution in [0.1, 0.15) is 29.0 Å². The van der Waals surface area contributed by atoms with E-state index in [0.29, 0.717) is 11.3 Å². The predicted molar refractivity (Wildman–Crippen MR) is 79.9 cm³/mol. The van der Waals surface area contributed by atoms with E-state index in [1.165, 1.54) is 18.6 Å². The van der Waals surface area contributed by atoms with Crippen LogP contribution in [0.4, 0.5) is 4.79 Å². The molecule has 6 nitrogen and oxygen atoms in total. The van der Waals surface area contributed by atoms with Crippen molar-refractivity contribution >= 4 is 11.8 Å². The zero-order valence-electron chi connectivity index (χ0n) is 11.9. The van der Waals surface area contributed by atoms with E-state index < -0.39 is 6.04 Å². The van der Waals surface area contributed by atoms with E-state index in [-0.39, 0.29) is 17.5 Å². The third-order valence-electron chi connectivity index (χ3n) is 3.44. The van der Waals surface area contributed by atoms with Crippen LogP contribution in [0.3, 0.4) is 0 Å². The molecule has 2 N–H and O–H groups in total. The second-order valence-electron chi connectivity index (χ2n) is 4.90. The Morgan fingerprint density at radius 2 is 1.95 bits per heavy atom. The fourth-order valence-electron chi connectivity index (χ4n) is 2.44. The summed E-state index contributed by atoms with van der Waals surface area (Å²) < 4.78 is 0. The van der Waals surface area contributed by atoms with Crippen LogP contribution in [0, 0.1) is 0 Å². The molecule has 2 amide bonds. The second-order valence-corrected chi connectivity index (χ2v) is 4.90. The van der Waals surface area contributed by atoms with Gasteiger partial charge in [-0.15, -0.1) is 0 Å². The Morgan fingerprint density at radius 1 is 1.18 bits per heavy atom. The fourth-order valence-corrected chi connectivity index (χ4v) is 2.44. The van der Waals surface area contributed by atoms with Crippen LogP contribution in [-0.4, -0.2) is 21.8 Å². The summed E-state index contributed by atoms with van der Waals surface area (Å²) in [5.41, 5.74) is 2.07. The van der Waals surface area contributed by atoms with Crippen LogP contribution in [0.25, 0.3) is 0 Å². The molecule has 1 atom stereocenters. The van der Waals surface area contributed by atoms with Gasteiger partial charge < -0.3 is 10.6 Å². The zero-order valence-corrected chi connectivity index (χ0v) is 11.9. The lowest BCUT2D eigenvalue weighted by Crippen LogP contribution is -2.45. The maximum atomic E-state index is 12.7. The Hall–Kier alpha value is -3.02. The van der Waals surface area contributed by atoms with Gasteiger partial charge in [-0.25, -0.2) is 9.78 Å². The van der Waals surface area contributed by atoms with Gasteiger partial charge in [-0.3, -0.25) is 9.78 Å². The molecule has 1 aliphatic heterocycles. The van der Waals surface area contributed by atoms with Crippen molar-refractivity contribution in [2.75, 3.05) is 0 Å². The molecule has 6 heteroatoms. The molecule has 2 aromatic rings. The number of allylic oxidation sites excluding steroid dienone is 1. The average Bonchev–Trinajstić information content (AvgIpc) is 2.55. The third-order valence-corrected chi connectivity index (χ3v) is 3.44. The summed E-state index contributed by atoms with van der Waals surface area (Å²) in [6.07, 6.45) is 4.39. The zero-order chi connectivity index (χ0) is 15.5. The molecule has 110 valence electrons. The number of aromatic nitrogens is 2. The second kappa shape index (κ2) is 5.77. The average molecular weight is 294 g/mol. The normalized spacial score (nSPS) is 17.7. The van der Waals surface area contributed by atoms with Crippen molar-refractivity contribution in [1.29, 1.82) is 0 Å². The molecule has 1 aromatic carbocycles. The van der Waals surface area contributed by atoms with E-state index in [4.69, 9.17) is 0 Å². The molecular weight excluding hydrogens is 280 g/mol. The van der Waals surface area contributed by atoms with Crippen LogP contribution < -0.4 is 10.6 Å². The van der Waals surface area contributed by atoms with Crippen molar-refractivity contribution in [2.24, 2.45) is 0 Å². The number of urea groups is 1. The fraction of sp³-hybridized carbons (Fsp3) is 0.125. The Labute approximate surface area is 127 Å². The third kappa shape index (κ3) is 2.58.